The maximum atomic E-state index is 14.1. The van der Waals surface area contributed by atoms with Crippen LogP contribution in [0.15, 0.2) is 29.3 Å². The molecular weight excluding hydrogens is 444 g/mol. The van der Waals surface area contributed by atoms with Gasteiger partial charge in [-0.1, -0.05) is 32.0 Å². The lowest BCUT2D eigenvalue weighted by Gasteiger charge is -2.27. The van der Waals surface area contributed by atoms with Crippen molar-refractivity contribution in [3.63, 3.8) is 0 Å². The minimum Gasteiger partial charge on any atom is -0.356 e. The highest BCUT2D eigenvalue weighted by Crippen LogP contribution is 2.24. The fourth-order valence-electron chi connectivity index (χ4n) is 2.88. The van der Waals surface area contributed by atoms with Gasteiger partial charge in [-0.15, -0.1) is 24.0 Å². The summed E-state index contributed by atoms with van der Waals surface area (Å²) in [4.78, 5) is 4.26. The van der Waals surface area contributed by atoms with E-state index in [1.807, 2.05) is 44.6 Å². The Morgan fingerprint density at radius 2 is 1.88 bits per heavy atom. The summed E-state index contributed by atoms with van der Waals surface area (Å²) in [6.45, 7) is 9.29. The average molecular weight is 473 g/mol. The van der Waals surface area contributed by atoms with Crippen molar-refractivity contribution < 1.29 is 4.39 Å². The van der Waals surface area contributed by atoms with Gasteiger partial charge in [0.1, 0.15) is 5.82 Å². The Hall–Kier alpha value is -1.64. The van der Waals surface area contributed by atoms with Gasteiger partial charge in [-0.25, -0.2) is 4.39 Å². The number of rotatable bonds is 5. The molecule has 7 heteroatoms. The molecule has 0 saturated heterocycles. The van der Waals surface area contributed by atoms with Crippen molar-refractivity contribution in [2.24, 2.45) is 12.0 Å². The minimum absolute atomic E-state index is 0. The van der Waals surface area contributed by atoms with Crippen LogP contribution in [0.5, 0.6) is 0 Å². The molecule has 5 nitrogen and oxygen atoms in total. The molecule has 0 amide bonds. The Balaban J connectivity index is 0.00000338. The number of halogens is 2. The Kier molecular flexibility index (Phi) is 8.05. The minimum atomic E-state index is -0.358. The van der Waals surface area contributed by atoms with Crippen LogP contribution in [-0.4, -0.2) is 29.3 Å². The monoisotopic (exact) mass is 473 g/mol. The lowest BCUT2D eigenvalue weighted by Crippen LogP contribution is -2.43. The van der Waals surface area contributed by atoms with Crippen molar-refractivity contribution in [2.45, 2.75) is 39.7 Å². The number of nitrogens with zero attached hydrogens (tertiary/aromatic N) is 3. The Morgan fingerprint density at radius 1 is 1.23 bits per heavy atom. The van der Waals surface area contributed by atoms with Crippen molar-refractivity contribution in [2.75, 3.05) is 13.6 Å². The molecule has 0 fully saturated rings. The van der Waals surface area contributed by atoms with E-state index in [9.17, 15) is 4.39 Å². The van der Waals surface area contributed by atoms with E-state index in [0.29, 0.717) is 24.6 Å². The molecule has 1 aromatic heterocycles. The summed E-state index contributed by atoms with van der Waals surface area (Å²) in [5.74, 6) is 0.505. The van der Waals surface area contributed by atoms with E-state index in [1.54, 1.807) is 13.1 Å². The molecule has 26 heavy (non-hydrogen) atoms. The summed E-state index contributed by atoms with van der Waals surface area (Å²) in [6.07, 6.45) is 0. The van der Waals surface area contributed by atoms with Crippen molar-refractivity contribution in [3.05, 3.63) is 52.6 Å². The van der Waals surface area contributed by atoms with Gasteiger partial charge >= 0.3 is 0 Å². The third kappa shape index (κ3) is 5.18. The predicted molar refractivity (Wildman–Crippen MR) is 116 cm³/mol. The zero-order valence-corrected chi connectivity index (χ0v) is 18.7. The molecule has 2 N–H and O–H groups in total. The molecule has 2 rings (SSSR count). The van der Waals surface area contributed by atoms with Gasteiger partial charge in [-0.05, 0) is 25.5 Å². The molecule has 0 saturated carbocycles. The highest BCUT2D eigenvalue weighted by Gasteiger charge is 2.24. The second-order valence-corrected chi connectivity index (χ2v) is 6.92. The molecule has 0 bridgehead atoms. The molecule has 1 aromatic carbocycles. The van der Waals surface area contributed by atoms with Gasteiger partial charge in [0.2, 0.25) is 0 Å². The molecule has 0 aliphatic rings. The second-order valence-electron chi connectivity index (χ2n) is 6.92. The number of aromatic nitrogens is 2. The molecule has 144 valence electrons. The highest BCUT2D eigenvalue weighted by molar-refractivity contribution is 14.0. The van der Waals surface area contributed by atoms with E-state index in [-0.39, 0.29) is 35.2 Å². The third-order valence-electron chi connectivity index (χ3n) is 4.62. The quantitative estimate of drug-likeness (QED) is 0.398. The summed E-state index contributed by atoms with van der Waals surface area (Å²) in [6, 6.07) is 6.90. The van der Waals surface area contributed by atoms with Crippen LogP contribution in [0.1, 0.15) is 36.4 Å². The molecule has 0 unspecified atom stereocenters. The lowest BCUT2D eigenvalue weighted by molar-refractivity contribution is 0.473. The van der Waals surface area contributed by atoms with Crippen LogP contribution in [0.3, 0.4) is 0 Å². The van der Waals surface area contributed by atoms with Crippen LogP contribution < -0.4 is 10.6 Å². The van der Waals surface area contributed by atoms with Crippen LogP contribution in [0.4, 0.5) is 4.39 Å². The van der Waals surface area contributed by atoms with Crippen LogP contribution in [0, 0.1) is 19.7 Å². The number of guanidine groups is 1. The fourth-order valence-corrected chi connectivity index (χ4v) is 2.88. The SMILES string of the molecule is CN=C(NCc1c(C)nn(C)c1C)NCC(C)(C)c1ccccc1F.I. The number of hydrogen-bond acceptors (Lipinski definition) is 2. The van der Waals surface area contributed by atoms with Gasteiger partial charge in [-0.3, -0.25) is 9.67 Å². The van der Waals surface area contributed by atoms with E-state index in [2.05, 4.69) is 27.6 Å². The summed E-state index contributed by atoms with van der Waals surface area (Å²) < 4.78 is 15.9. The van der Waals surface area contributed by atoms with Crippen molar-refractivity contribution in [3.8, 4) is 0 Å². The smallest absolute Gasteiger partial charge is 0.191 e. The van der Waals surface area contributed by atoms with Crippen molar-refractivity contribution in [1.29, 1.82) is 0 Å². The van der Waals surface area contributed by atoms with Crippen LogP contribution in [-0.2, 0) is 19.0 Å². The third-order valence-corrected chi connectivity index (χ3v) is 4.62. The molecule has 0 aliphatic heterocycles. The summed E-state index contributed by atoms with van der Waals surface area (Å²) in [7, 11) is 3.67. The standard InChI is InChI=1S/C19H28FN5.HI/c1-13-15(14(2)25(6)24-13)11-22-18(21-5)23-12-19(3,4)16-9-7-8-10-17(16)20;/h7-10H,11-12H2,1-6H3,(H2,21,22,23);1H. The number of hydrogen-bond donors (Lipinski definition) is 2. The van der Waals surface area contributed by atoms with Gasteiger partial charge in [0.05, 0.1) is 5.69 Å². The number of aliphatic imine (C=N–C) groups is 1. The number of benzene rings is 1. The molecule has 2 aromatic rings. The predicted octanol–water partition coefficient (Wildman–Crippen LogP) is 3.44. The highest BCUT2D eigenvalue weighted by atomic mass is 127. The topological polar surface area (TPSA) is 54.2 Å². The maximum Gasteiger partial charge on any atom is 0.191 e. The fraction of sp³-hybridized carbons (Fsp3) is 0.474. The first-order chi connectivity index (χ1) is 11.8. The van der Waals surface area contributed by atoms with E-state index in [0.717, 1.165) is 11.4 Å². The molecule has 0 aliphatic carbocycles. The molecule has 0 spiro atoms. The maximum absolute atomic E-state index is 14.1. The summed E-state index contributed by atoms with van der Waals surface area (Å²) >= 11 is 0. The van der Waals surface area contributed by atoms with E-state index in [4.69, 9.17) is 0 Å². The number of aryl methyl sites for hydroxylation is 2. The van der Waals surface area contributed by atoms with Gasteiger partial charge in [0.25, 0.3) is 0 Å². The average Bonchev–Trinajstić information content (AvgIpc) is 2.81. The van der Waals surface area contributed by atoms with Crippen LogP contribution in [0.2, 0.25) is 0 Å². The van der Waals surface area contributed by atoms with E-state index < -0.39 is 0 Å². The first-order valence-electron chi connectivity index (χ1n) is 8.45. The molecular formula is C19H29FIN5. The molecule has 0 radical (unpaired) electrons. The van der Waals surface area contributed by atoms with E-state index in [1.165, 1.54) is 11.6 Å². The summed E-state index contributed by atoms with van der Waals surface area (Å²) in [5.41, 5.74) is 3.64. The largest absolute Gasteiger partial charge is 0.356 e. The second kappa shape index (κ2) is 9.34. The first kappa shape index (κ1) is 22.4. The number of nitrogens with one attached hydrogen (secondary N) is 2. The zero-order chi connectivity index (χ0) is 18.6. The van der Waals surface area contributed by atoms with Crippen LogP contribution in [0.25, 0.3) is 0 Å². The van der Waals surface area contributed by atoms with Gasteiger partial charge in [-0.2, -0.15) is 5.10 Å². The Labute approximate surface area is 172 Å². The summed E-state index contributed by atoms with van der Waals surface area (Å²) in [5, 5.41) is 11.0. The Morgan fingerprint density at radius 3 is 2.42 bits per heavy atom. The van der Waals surface area contributed by atoms with E-state index >= 15 is 0 Å². The normalized spacial score (nSPS) is 11.9. The Bertz CT molecular complexity index is 767. The van der Waals surface area contributed by atoms with Crippen molar-refractivity contribution >= 4 is 29.9 Å². The van der Waals surface area contributed by atoms with Gasteiger partial charge in [0.15, 0.2) is 5.96 Å². The van der Waals surface area contributed by atoms with Crippen molar-refractivity contribution in [1.82, 2.24) is 20.4 Å². The molecule has 0 atom stereocenters. The zero-order valence-electron chi connectivity index (χ0n) is 16.4. The first-order valence-corrected chi connectivity index (χ1v) is 8.45. The van der Waals surface area contributed by atoms with Crippen LogP contribution >= 0.6 is 24.0 Å². The van der Waals surface area contributed by atoms with Gasteiger partial charge in [0, 0.05) is 43.9 Å². The lowest BCUT2D eigenvalue weighted by atomic mass is 9.84. The molecule has 1 heterocycles. The van der Waals surface area contributed by atoms with Gasteiger partial charge < -0.3 is 10.6 Å².